The van der Waals surface area contributed by atoms with Gasteiger partial charge >= 0.3 is 0 Å². The molecule has 1 aromatic carbocycles. The Bertz CT molecular complexity index is 747. The van der Waals surface area contributed by atoms with Gasteiger partial charge in [-0.3, -0.25) is 4.79 Å². The number of para-hydroxylation sites is 1. The molecular weight excluding hydrogens is 394 g/mol. The Kier molecular flexibility index (Phi) is 6.78. The lowest BCUT2D eigenvalue weighted by molar-refractivity contribution is -0.128. The van der Waals surface area contributed by atoms with Gasteiger partial charge in [0, 0.05) is 68.8 Å². The number of hydrogen-bond donors (Lipinski definition) is 0. The van der Waals surface area contributed by atoms with Crippen molar-refractivity contribution in [1.29, 1.82) is 0 Å². The van der Waals surface area contributed by atoms with Gasteiger partial charge in [0.05, 0.1) is 0 Å². The van der Waals surface area contributed by atoms with E-state index in [9.17, 15) is 4.79 Å². The molecule has 3 heterocycles. The summed E-state index contributed by atoms with van der Waals surface area (Å²) in [6, 6.07) is 11.9. The molecule has 2 atom stereocenters. The van der Waals surface area contributed by atoms with Gasteiger partial charge in [0.2, 0.25) is 5.91 Å². The average molecular weight is 438 g/mol. The molecule has 1 amide bonds. The summed E-state index contributed by atoms with van der Waals surface area (Å²) < 4.78 is 0. The van der Waals surface area contributed by atoms with Crippen LogP contribution in [-0.4, -0.2) is 60.0 Å². The lowest BCUT2D eigenvalue weighted by atomic mass is 9.74. The quantitative estimate of drug-likeness (QED) is 0.626. The van der Waals surface area contributed by atoms with E-state index in [4.69, 9.17) is 0 Å². The van der Waals surface area contributed by atoms with Gasteiger partial charge in [-0.1, -0.05) is 63.1 Å². The Morgan fingerprint density at radius 1 is 0.844 bits per heavy atom. The minimum Gasteiger partial charge on any atom is -0.365 e. The molecule has 4 fully saturated rings. The normalized spacial score (nSPS) is 29.9. The van der Waals surface area contributed by atoms with Crippen molar-refractivity contribution in [2.45, 2.75) is 89.1 Å². The van der Waals surface area contributed by atoms with Crippen molar-refractivity contribution < 1.29 is 4.79 Å². The number of carbonyl (C=O) groups is 1. The summed E-state index contributed by atoms with van der Waals surface area (Å²) in [5.74, 6) is 1.51. The van der Waals surface area contributed by atoms with Gasteiger partial charge in [-0.2, -0.15) is 0 Å². The Morgan fingerprint density at radius 3 is 2.09 bits per heavy atom. The highest BCUT2D eigenvalue weighted by Crippen LogP contribution is 2.51. The van der Waals surface area contributed by atoms with Gasteiger partial charge in [-0.15, -0.1) is 0 Å². The standard InChI is InChI=1S/C28H43N3O/c1-23(32)30-20-24-21-31(26-14-10-7-11-15-26)28(27(24)22-30)16-18-29(19-17-28)25-12-8-5-3-2-4-6-9-13-25/h7,10-11,14-15,24-25,27H,2-6,8-9,12-13,16-22H2,1H3. The zero-order valence-electron chi connectivity index (χ0n) is 20.2. The van der Waals surface area contributed by atoms with Crippen LogP contribution in [-0.2, 0) is 4.79 Å². The van der Waals surface area contributed by atoms with Crippen molar-refractivity contribution in [2.24, 2.45) is 11.8 Å². The summed E-state index contributed by atoms with van der Waals surface area (Å²) in [7, 11) is 0. The minimum atomic E-state index is 0.225. The number of likely N-dealkylation sites (tertiary alicyclic amines) is 2. The van der Waals surface area contributed by atoms with Gasteiger partial charge in [-0.25, -0.2) is 0 Å². The molecule has 3 aliphatic heterocycles. The van der Waals surface area contributed by atoms with Crippen molar-refractivity contribution in [3.05, 3.63) is 30.3 Å². The van der Waals surface area contributed by atoms with E-state index in [1.807, 2.05) is 0 Å². The van der Waals surface area contributed by atoms with Gasteiger partial charge < -0.3 is 14.7 Å². The number of hydrogen-bond acceptors (Lipinski definition) is 3. The lowest BCUT2D eigenvalue weighted by Crippen LogP contribution is -2.58. The van der Waals surface area contributed by atoms with Crippen LogP contribution in [0.15, 0.2) is 30.3 Å². The Hall–Kier alpha value is -1.55. The van der Waals surface area contributed by atoms with Gasteiger partial charge in [0.1, 0.15) is 0 Å². The summed E-state index contributed by atoms with van der Waals surface area (Å²) >= 11 is 0. The van der Waals surface area contributed by atoms with Crippen LogP contribution < -0.4 is 4.90 Å². The zero-order chi connectivity index (χ0) is 22.0. The second-order valence-electron chi connectivity index (χ2n) is 11.1. The molecule has 4 aliphatic rings. The summed E-state index contributed by atoms with van der Waals surface area (Å²) in [5.41, 5.74) is 1.62. The van der Waals surface area contributed by atoms with E-state index in [0.29, 0.717) is 11.8 Å². The molecule has 5 rings (SSSR count). The monoisotopic (exact) mass is 437 g/mol. The number of rotatable bonds is 2. The lowest BCUT2D eigenvalue weighted by Gasteiger charge is -2.50. The number of benzene rings is 1. The van der Waals surface area contributed by atoms with E-state index in [1.54, 1.807) is 6.92 Å². The summed E-state index contributed by atoms with van der Waals surface area (Å²) in [5, 5.41) is 0. The summed E-state index contributed by atoms with van der Waals surface area (Å²) in [6.07, 6.45) is 15.3. The van der Waals surface area contributed by atoms with Crippen LogP contribution in [0.3, 0.4) is 0 Å². The fraction of sp³-hybridized carbons (Fsp3) is 0.750. The zero-order valence-corrected chi connectivity index (χ0v) is 20.2. The van der Waals surface area contributed by atoms with Crippen molar-refractivity contribution >= 4 is 11.6 Å². The molecule has 1 saturated carbocycles. The maximum absolute atomic E-state index is 12.2. The van der Waals surface area contributed by atoms with Crippen molar-refractivity contribution in [3.63, 3.8) is 0 Å². The highest BCUT2D eigenvalue weighted by atomic mass is 16.2. The number of nitrogens with zero attached hydrogens (tertiary/aromatic N) is 3. The van der Waals surface area contributed by atoms with Gasteiger partial charge in [0.15, 0.2) is 0 Å². The van der Waals surface area contributed by atoms with Gasteiger partial charge in [0.25, 0.3) is 0 Å². The fourth-order valence-electron chi connectivity index (χ4n) is 7.58. The van der Waals surface area contributed by atoms with E-state index in [2.05, 4.69) is 45.0 Å². The molecule has 4 nitrogen and oxygen atoms in total. The van der Waals surface area contributed by atoms with Crippen molar-refractivity contribution in [3.8, 4) is 0 Å². The Balaban J connectivity index is 1.33. The summed E-state index contributed by atoms with van der Waals surface area (Å²) in [4.78, 5) is 19.9. The fourth-order valence-corrected chi connectivity index (χ4v) is 7.58. The SMILES string of the molecule is CC(=O)N1CC2CN(c3ccccc3)C3(CCN(C4CCCCCCCCC4)CC3)C2C1. The topological polar surface area (TPSA) is 26.8 Å². The molecule has 176 valence electrons. The number of amides is 1. The van der Waals surface area contributed by atoms with Crippen LogP contribution in [0.5, 0.6) is 0 Å². The smallest absolute Gasteiger partial charge is 0.219 e. The molecule has 32 heavy (non-hydrogen) atoms. The molecule has 2 unspecified atom stereocenters. The molecule has 0 bridgehead atoms. The molecule has 0 N–H and O–H groups in total. The second-order valence-corrected chi connectivity index (χ2v) is 11.1. The third-order valence-electron chi connectivity index (χ3n) is 9.35. The third kappa shape index (κ3) is 4.32. The molecular formula is C28H43N3O. The van der Waals surface area contributed by atoms with E-state index < -0.39 is 0 Å². The predicted molar refractivity (Wildman–Crippen MR) is 132 cm³/mol. The number of piperidine rings is 1. The first-order valence-corrected chi connectivity index (χ1v) is 13.5. The second kappa shape index (κ2) is 9.75. The first-order valence-electron chi connectivity index (χ1n) is 13.5. The van der Waals surface area contributed by atoms with Crippen LogP contribution in [0.1, 0.15) is 77.6 Å². The van der Waals surface area contributed by atoms with Crippen LogP contribution in [0.4, 0.5) is 5.69 Å². The van der Waals surface area contributed by atoms with E-state index in [1.165, 1.54) is 89.4 Å². The van der Waals surface area contributed by atoms with Crippen LogP contribution in [0.2, 0.25) is 0 Å². The van der Waals surface area contributed by atoms with Crippen LogP contribution in [0.25, 0.3) is 0 Å². The first kappa shape index (κ1) is 22.3. The summed E-state index contributed by atoms with van der Waals surface area (Å²) in [6.45, 7) is 7.26. The Labute approximate surface area is 195 Å². The molecule has 4 heteroatoms. The molecule has 1 spiro atoms. The molecule has 1 aliphatic carbocycles. The average Bonchev–Trinajstić information content (AvgIpc) is 3.37. The third-order valence-corrected chi connectivity index (χ3v) is 9.35. The van der Waals surface area contributed by atoms with Crippen molar-refractivity contribution in [2.75, 3.05) is 37.6 Å². The molecule has 0 radical (unpaired) electrons. The van der Waals surface area contributed by atoms with E-state index in [0.717, 1.165) is 25.7 Å². The molecule has 0 aromatic heterocycles. The van der Waals surface area contributed by atoms with Crippen LogP contribution in [0, 0.1) is 11.8 Å². The van der Waals surface area contributed by atoms with Gasteiger partial charge in [-0.05, 0) is 37.8 Å². The maximum Gasteiger partial charge on any atom is 0.219 e. The predicted octanol–water partition coefficient (Wildman–Crippen LogP) is 5.33. The minimum absolute atomic E-state index is 0.225. The number of anilines is 1. The number of carbonyl (C=O) groups excluding carboxylic acids is 1. The van der Waals surface area contributed by atoms with E-state index >= 15 is 0 Å². The molecule has 1 aromatic rings. The largest absolute Gasteiger partial charge is 0.365 e. The van der Waals surface area contributed by atoms with Crippen LogP contribution >= 0.6 is 0 Å². The number of fused-ring (bicyclic) bond motifs is 2. The highest BCUT2D eigenvalue weighted by Gasteiger charge is 2.58. The first-order chi connectivity index (χ1) is 15.7. The van der Waals surface area contributed by atoms with Crippen molar-refractivity contribution in [1.82, 2.24) is 9.80 Å². The Morgan fingerprint density at radius 2 is 1.47 bits per heavy atom. The van der Waals surface area contributed by atoms with E-state index in [-0.39, 0.29) is 11.4 Å². The highest BCUT2D eigenvalue weighted by molar-refractivity contribution is 5.73. The maximum atomic E-state index is 12.2. The molecule has 3 saturated heterocycles.